The van der Waals surface area contributed by atoms with Crippen molar-refractivity contribution in [1.29, 1.82) is 0 Å². The lowest BCUT2D eigenvalue weighted by Crippen LogP contribution is -2.32. The fourth-order valence-corrected chi connectivity index (χ4v) is 5.23. The molecule has 0 fully saturated rings. The van der Waals surface area contributed by atoms with Gasteiger partial charge in [-0.05, 0) is 48.9 Å². The number of methoxy groups -OCH3 is 1. The zero-order valence-corrected chi connectivity index (χ0v) is 20.8. The number of hydrogen-bond acceptors (Lipinski definition) is 5. The average Bonchev–Trinajstić information content (AvgIpc) is 3.31. The number of benzene rings is 3. The molecule has 0 saturated heterocycles. The molecule has 4 aromatic rings. The zero-order chi connectivity index (χ0) is 23.4. The number of halogens is 2. The van der Waals surface area contributed by atoms with Crippen molar-refractivity contribution in [3.63, 3.8) is 0 Å². The molecule has 0 bridgehead atoms. The number of aryl methyl sites for hydroxylation is 1. The van der Waals surface area contributed by atoms with Gasteiger partial charge in [-0.2, -0.15) is 10.1 Å². The number of ether oxygens (including phenoxy) is 2. The molecule has 2 aliphatic rings. The van der Waals surface area contributed by atoms with Crippen LogP contribution in [0.1, 0.15) is 34.4 Å². The summed E-state index contributed by atoms with van der Waals surface area (Å²) in [5.74, 6) is 2.14. The van der Waals surface area contributed by atoms with E-state index < -0.39 is 6.10 Å². The molecule has 0 aliphatic carbocycles. The van der Waals surface area contributed by atoms with Gasteiger partial charge in [0.1, 0.15) is 23.9 Å². The molecule has 0 saturated carbocycles. The Morgan fingerprint density at radius 1 is 1.09 bits per heavy atom. The van der Waals surface area contributed by atoms with Crippen LogP contribution in [0.2, 0.25) is 5.02 Å². The van der Waals surface area contributed by atoms with Crippen LogP contribution in [0.5, 0.6) is 11.5 Å². The Hall–Kier alpha value is -3.29. The topological polar surface area (TPSA) is 61.2 Å². The van der Waals surface area contributed by atoms with E-state index in [-0.39, 0.29) is 6.04 Å². The van der Waals surface area contributed by atoms with E-state index in [1.54, 1.807) is 13.4 Å². The Morgan fingerprint density at radius 2 is 1.91 bits per heavy atom. The first kappa shape index (κ1) is 21.3. The number of fused-ring (bicyclic) bond motifs is 3. The van der Waals surface area contributed by atoms with E-state index in [0.717, 1.165) is 43.9 Å². The van der Waals surface area contributed by atoms with Crippen molar-refractivity contribution in [2.24, 2.45) is 0 Å². The monoisotopic (exact) mass is 534 g/mol. The number of nitrogens with one attached hydrogen (secondary N) is 1. The smallest absolute Gasteiger partial charge is 0.226 e. The molecule has 6 rings (SSSR count). The lowest BCUT2D eigenvalue weighted by Gasteiger charge is -2.39. The second-order valence-corrected chi connectivity index (χ2v) is 9.67. The first-order valence-corrected chi connectivity index (χ1v) is 12.0. The summed E-state index contributed by atoms with van der Waals surface area (Å²) in [5, 5.41) is 8.71. The van der Waals surface area contributed by atoms with Crippen molar-refractivity contribution < 1.29 is 9.47 Å². The van der Waals surface area contributed by atoms with Gasteiger partial charge in [-0.3, -0.25) is 0 Å². The van der Waals surface area contributed by atoms with Gasteiger partial charge in [0.25, 0.3) is 0 Å². The Labute approximate surface area is 210 Å². The number of aromatic nitrogens is 3. The van der Waals surface area contributed by atoms with Crippen LogP contribution in [0, 0.1) is 6.92 Å². The number of nitrogens with zero attached hydrogens (tertiary/aromatic N) is 3. The molecule has 0 amide bonds. The van der Waals surface area contributed by atoms with Gasteiger partial charge < -0.3 is 14.8 Å². The number of anilines is 1. The Bertz CT molecular complexity index is 1450. The average molecular weight is 536 g/mol. The van der Waals surface area contributed by atoms with Crippen LogP contribution in [0.25, 0.3) is 5.70 Å². The summed E-state index contributed by atoms with van der Waals surface area (Å²) in [6.45, 7) is 2.08. The maximum atomic E-state index is 6.69. The molecule has 34 heavy (non-hydrogen) atoms. The van der Waals surface area contributed by atoms with E-state index in [1.807, 2.05) is 41.1 Å². The molecular formula is C26H20BrClN4O2. The molecule has 1 aromatic heterocycles. The van der Waals surface area contributed by atoms with Crippen molar-refractivity contribution in [2.45, 2.75) is 19.1 Å². The van der Waals surface area contributed by atoms with Gasteiger partial charge in [0.2, 0.25) is 5.95 Å². The fraction of sp³-hybridized carbons (Fsp3) is 0.154. The highest BCUT2D eigenvalue weighted by Gasteiger charge is 2.42. The highest BCUT2D eigenvalue weighted by atomic mass is 79.9. The second-order valence-electron chi connectivity index (χ2n) is 8.32. The van der Waals surface area contributed by atoms with E-state index in [4.69, 9.17) is 21.1 Å². The van der Waals surface area contributed by atoms with E-state index in [2.05, 4.69) is 62.5 Å². The van der Waals surface area contributed by atoms with Crippen molar-refractivity contribution in [2.75, 3.05) is 12.4 Å². The molecule has 3 aromatic carbocycles. The summed E-state index contributed by atoms with van der Waals surface area (Å²) in [4.78, 5) is 4.48. The first-order chi connectivity index (χ1) is 16.5. The molecule has 0 spiro atoms. The highest BCUT2D eigenvalue weighted by Crippen LogP contribution is 2.52. The Morgan fingerprint density at radius 3 is 2.71 bits per heavy atom. The van der Waals surface area contributed by atoms with Crippen LogP contribution in [-0.2, 0) is 0 Å². The third kappa shape index (κ3) is 3.38. The number of rotatable bonds is 3. The maximum absolute atomic E-state index is 6.69. The van der Waals surface area contributed by atoms with Gasteiger partial charge in [0.05, 0.1) is 12.8 Å². The van der Waals surface area contributed by atoms with E-state index in [9.17, 15) is 0 Å². The SMILES string of the molecule is COc1ccc(Br)cc1C1Oc2ccc(Cl)cc2C2=C1C(c1ccc(C)cc1)n1ncnc1N2. The van der Waals surface area contributed by atoms with E-state index in [1.165, 1.54) is 5.56 Å². The molecule has 8 heteroatoms. The summed E-state index contributed by atoms with van der Waals surface area (Å²) in [6, 6.07) is 19.8. The van der Waals surface area contributed by atoms with Gasteiger partial charge in [-0.1, -0.05) is 57.4 Å². The normalized spacial score (nSPS) is 18.4. The van der Waals surface area contributed by atoms with Gasteiger partial charge in [-0.15, -0.1) is 0 Å². The predicted octanol–water partition coefficient (Wildman–Crippen LogP) is 6.57. The minimum atomic E-state index is -0.438. The van der Waals surface area contributed by atoms with Gasteiger partial charge in [0, 0.05) is 26.2 Å². The van der Waals surface area contributed by atoms with Gasteiger partial charge in [0.15, 0.2) is 6.10 Å². The Kier molecular flexibility index (Phi) is 5.12. The molecule has 2 aliphatic heterocycles. The van der Waals surface area contributed by atoms with E-state index >= 15 is 0 Å². The summed E-state index contributed by atoms with van der Waals surface area (Å²) < 4.78 is 15.3. The van der Waals surface area contributed by atoms with Crippen molar-refractivity contribution in [3.05, 3.63) is 104 Å². The third-order valence-corrected chi connectivity index (χ3v) is 6.97. The molecule has 0 radical (unpaired) electrons. The van der Waals surface area contributed by atoms with Crippen molar-refractivity contribution >= 4 is 39.2 Å². The van der Waals surface area contributed by atoms with E-state index in [0.29, 0.717) is 11.0 Å². The van der Waals surface area contributed by atoms with Crippen LogP contribution in [0.3, 0.4) is 0 Å². The first-order valence-electron chi connectivity index (χ1n) is 10.8. The minimum Gasteiger partial charge on any atom is -0.496 e. The lowest BCUT2D eigenvalue weighted by atomic mass is 9.84. The lowest BCUT2D eigenvalue weighted by molar-refractivity contribution is 0.217. The van der Waals surface area contributed by atoms with Crippen LogP contribution in [-0.4, -0.2) is 21.9 Å². The zero-order valence-electron chi connectivity index (χ0n) is 18.4. The highest BCUT2D eigenvalue weighted by molar-refractivity contribution is 9.10. The molecule has 2 atom stereocenters. The molecule has 2 unspecified atom stereocenters. The molecule has 1 N–H and O–H groups in total. The minimum absolute atomic E-state index is 0.241. The quantitative estimate of drug-likeness (QED) is 0.321. The van der Waals surface area contributed by atoms with Crippen molar-refractivity contribution in [3.8, 4) is 11.5 Å². The molecule has 170 valence electrons. The van der Waals surface area contributed by atoms with Crippen LogP contribution >= 0.6 is 27.5 Å². The molecule has 3 heterocycles. The predicted molar refractivity (Wildman–Crippen MR) is 135 cm³/mol. The Balaban J connectivity index is 1.66. The third-order valence-electron chi connectivity index (χ3n) is 6.24. The summed E-state index contributed by atoms with van der Waals surface area (Å²) in [6.07, 6.45) is 1.13. The molecular weight excluding hydrogens is 516 g/mol. The number of hydrogen-bond donors (Lipinski definition) is 1. The molecule has 6 nitrogen and oxygen atoms in total. The van der Waals surface area contributed by atoms with Gasteiger partial charge >= 0.3 is 0 Å². The van der Waals surface area contributed by atoms with Crippen LogP contribution < -0.4 is 14.8 Å². The standard InChI is InChI=1S/C26H20BrClN4O2/c1-14-3-5-15(6-4-14)24-22-23(31-26-29-13-30-32(24)26)18-12-17(28)8-10-21(18)34-25(22)19-11-16(27)7-9-20(19)33-2/h3-13,24-25H,1-2H3,(H,29,30,31). The second kappa shape index (κ2) is 8.18. The van der Waals surface area contributed by atoms with Crippen molar-refractivity contribution in [1.82, 2.24) is 14.8 Å². The largest absolute Gasteiger partial charge is 0.496 e. The summed E-state index contributed by atoms with van der Waals surface area (Å²) in [7, 11) is 1.67. The van der Waals surface area contributed by atoms with Crippen LogP contribution in [0.15, 0.2) is 77.0 Å². The van der Waals surface area contributed by atoms with Crippen LogP contribution in [0.4, 0.5) is 5.95 Å². The summed E-state index contributed by atoms with van der Waals surface area (Å²) >= 11 is 10.0. The fourth-order valence-electron chi connectivity index (χ4n) is 4.68. The summed E-state index contributed by atoms with van der Waals surface area (Å²) in [5.41, 5.74) is 5.99. The van der Waals surface area contributed by atoms with Gasteiger partial charge in [-0.25, -0.2) is 4.68 Å². The maximum Gasteiger partial charge on any atom is 0.226 e.